The summed E-state index contributed by atoms with van der Waals surface area (Å²) in [6, 6.07) is 2.06. The molecule has 2 atom stereocenters. The molecule has 35 heavy (non-hydrogen) atoms. The van der Waals surface area contributed by atoms with Gasteiger partial charge in [-0.3, -0.25) is 9.59 Å². The number of carbonyl (C=O) groups excluding carboxylic acids is 3. The molecule has 0 unspecified atom stereocenters. The fourth-order valence-corrected chi connectivity index (χ4v) is 3.79. The van der Waals surface area contributed by atoms with Gasteiger partial charge in [-0.25, -0.2) is 4.79 Å². The van der Waals surface area contributed by atoms with Crippen molar-refractivity contribution in [3.05, 3.63) is 29.3 Å². The van der Waals surface area contributed by atoms with Crippen LogP contribution < -0.4 is 21.3 Å². The first-order valence-electron chi connectivity index (χ1n) is 11.7. The maximum Gasteiger partial charge on any atom is 0.416 e. The second-order valence-electron chi connectivity index (χ2n) is 9.95. The normalized spacial score (nSPS) is 18.5. The molecule has 8 nitrogen and oxygen atoms in total. The lowest BCUT2D eigenvalue weighted by Gasteiger charge is -2.33. The van der Waals surface area contributed by atoms with Gasteiger partial charge in [0, 0.05) is 17.8 Å². The van der Waals surface area contributed by atoms with Crippen molar-refractivity contribution < 1.29 is 32.3 Å². The summed E-state index contributed by atoms with van der Waals surface area (Å²) < 4.78 is 44.8. The fourth-order valence-electron chi connectivity index (χ4n) is 3.79. The first kappa shape index (κ1) is 28.3. The standard InChI is InChI=1S/C24H35F3N4O4/c1-14(2)29-17-11-10-15(24(25,26)27)12-16(17)21(33)28-13-20(32)30-18-8-6-7-9-19(18)31-22(34)35-23(3,4)5/h10-12,14,18-19,29H,6-9,13H2,1-5H3,(H,28,33)(H,30,32)(H,31,34)/t18-,19+/m0/s1. The summed E-state index contributed by atoms with van der Waals surface area (Å²) >= 11 is 0. The summed E-state index contributed by atoms with van der Waals surface area (Å²) in [5.41, 5.74) is -1.59. The number of hydrogen-bond acceptors (Lipinski definition) is 5. The molecule has 0 saturated heterocycles. The highest BCUT2D eigenvalue weighted by Gasteiger charge is 2.32. The van der Waals surface area contributed by atoms with Crippen molar-refractivity contribution in [1.29, 1.82) is 0 Å². The molecular formula is C24H35F3N4O4. The van der Waals surface area contributed by atoms with Crippen molar-refractivity contribution in [2.24, 2.45) is 0 Å². The number of halogens is 3. The molecule has 0 radical (unpaired) electrons. The summed E-state index contributed by atoms with van der Waals surface area (Å²) in [5.74, 6) is -1.31. The smallest absolute Gasteiger partial charge is 0.416 e. The van der Waals surface area contributed by atoms with Crippen LogP contribution in [0.1, 0.15) is 76.2 Å². The number of amides is 3. The average Bonchev–Trinajstić information content (AvgIpc) is 2.71. The van der Waals surface area contributed by atoms with Gasteiger partial charge in [0.25, 0.3) is 5.91 Å². The van der Waals surface area contributed by atoms with Crippen LogP contribution in [-0.2, 0) is 15.7 Å². The van der Waals surface area contributed by atoms with Crippen LogP contribution in [0, 0.1) is 0 Å². The highest BCUT2D eigenvalue weighted by atomic mass is 19.4. The van der Waals surface area contributed by atoms with E-state index in [2.05, 4.69) is 21.3 Å². The molecule has 1 aliphatic rings. The minimum absolute atomic E-state index is 0.123. The van der Waals surface area contributed by atoms with Crippen LogP contribution in [0.15, 0.2) is 18.2 Å². The highest BCUT2D eigenvalue weighted by molar-refractivity contribution is 6.01. The second-order valence-corrected chi connectivity index (χ2v) is 9.95. The maximum absolute atomic E-state index is 13.2. The molecule has 0 bridgehead atoms. The summed E-state index contributed by atoms with van der Waals surface area (Å²) in [5, 5.41) is 10.9. The van der Waals surface area contributed by atoms with Crippen LogP contribution in [0.25, 0.3) is 0 Å². The predicted molar refractivity (Wildman–Crippen MR) is 126 cm³/mol. The Morgan fingerprint density at radius 2 is 1.63 bits per heavy atom. The Bertz CT molecular complexity index is 913. The minimum atomic E-state index is -4.61. The quantitative estimate of drug-likeness (QED) is 0.449. The lowest BCUT2D eigenvalue weighted by Crippen LogP contribution is -2.55. The molecule has 4 N–H and O–H groups in total. The van der Waals surface area contributed by atoms with E-state index in [1.165, 1.54) is 6.07 Å². The first-order chi connectivity index (χ1) is 16.2. The van der Waals surface area contributed by atoms with E-state index >= 15 is 0 Å². The van der Waals surface area contributed by atoms with Gasteiger partial charge in [-0.2, -0.15) is 13.2 Å². The molecule has 1 fully saturated rings. The van der Waals surface area contributed by atoms with Gasteiger partial charge in [0.2, 0.25) is 5.91 Å². The van der Waals surface area contributed by atoms with Crippen molar-refractivity contribution in [2.45, 2.75) is 90.2 Å². The Morgan fingerprint density at radius 3 is 2.17 bits per heavy atom. The van der Waals surface area contributed by atoms with E-state index in [9.17, 15) is 27.6 Å². The zero-order valence-corrected chi connectivity index (χ0v) is 20.8. The molecule has 0 aromatic heterocycles. The summed E-state index contributed by atoms with van der Waals surface area (Å²) in [4.78, 5) is 37.4. The number of nitrogens with one attached hydrogen (secondary N) is 4. The number of benzene rings is 1. The topological polar surface area (TPSA) is 109 Å². The fraction of sp³-hybridized carbons (Fsp3) is 0.625. The van der Waals surface area contributed by atoms with Gasteiger partial charge in [0.05, 0.1) is 23.7 Å². The van der Waals surface area contributed by atoms with Crippen molar-refractivity contribution in [1.82, 2.24) is 16.0 Å². The molecule has 1 aliphatic carbocycles. The van der Waals surface area contributed by atoms with E-state index in [4.69, 9.17) is 4.74 Å². The summed E-state index contributed by atoms with van der Waals surface area (Å²) in [7, 11) is 0. The Hall–Kier alpha value is -2.98. The zero-order chi connectivity index (χ0) is 26.4. The first-order valence-corrected chi connectivity index (χ1v) is 11.7. The number of alkyl carbamates (subject to hydrolysis) is 1. The third kappa shape index (κ3) is 9.29. The molecule has 0 spiro atoms. The van der Waals surface area contributed by atoms with E-state index in [0.29, 0.717) is 12.8 Å². The minimum Gasteiger partial charge on any atom is -0.444 e. The van der Waals surface area contributed by atoms with Crippen LogP contribution in [0.5, 0.6) is 0 Å². The molecule has 1 saturated carbocycles. The predicted octanol–water partition coefficient (Wildman–Crippen LogP) is 4.21. The van der Waals surface area contributed by atoms with Crippen molar-refractivity contribution in [3.8, 4) is 0 Å². The van der Waals surface area contributed by atoms with E-state index in [1.807, 2.05) is 0 Å². The average molecular weight is 501 g/mol. The molecule has 0 aliphatic heterocycles. The largest absolute Gasteiger partial charge is 0.444 e. The van der Waals surface area contributed by atoms with Gasteiger partial charge in [0.1, 0.15) is 5.60 Å². The Morgan fingerprint density at radius 1 is 1.03 bits per heavy atom. The summed E-state index contributed by atoms with van der Waals surface area (Å²) in [6.07, 6.45) is -2.16. The van der Waals surface area contributed by atoms with Gasteiger partial charge in [-0.05, 0) is 65.7 Å². The van der Waals surface area contributed by atoms with E-state index in [0.717, 1.165) is 25.0 Å². The van der Waals surface area contributed by atoms with Crippen LogP contribution in [-0.4, -0.2) is 48.2 Å². The Kier molecular flexibility index (Phi) is 9.39. The number of hydrogen-bond donors (Lipinski definition) is 4. The monoisotopic (exact) mass is 500 g/mol. The van der Waals surface area contributed by atoms with Crippen LogP contribution in [0.4, 0.5) is 23.7 Å². The molecule has 2 rings (SSSR count). The van der Waals surface area contributed by atoms with Crippen molar-refractivity contribution in [2.75, 3.05) is 11.9 Å². The van der Waals surface area contributed by atoms with Crippen LogP contribution in [0.3, 0.4) is 0 Å². The SMILES string of the molecule is CC(C)Nc1ccc(C(F)(F)F)cc1C(=O)NCC(=O)N[C@H]1CCCC[C@H]1NC(=O)OC(C)(C)C. The Balaban J connectivity index is 2.02. The van der Waals surface area contributed by atoms with Crippen molar-refractivity contribution >= 4 is 23.6 Å². The lowest BCUT2D eigenvalue weighted by atomic mass is 9.90. The second kappa shape index (κ2) is 11.6. The molecule has 196 valence electrons. The van der Waals surface area contributed by atoms with Crippen LogP contribution >= 0.6 is 0 Å². The third-order valence-corrected chi connectivity index (χ3v) is 5.26. The number of alkyl halides is 3. The third-order valence-electron chi connectivity index (χ3n) is 5.26. The number of ether oxygens (including phenoxy) is 1. The molecule has 11 heteroatoms. The van der Waals surface area contributed by atoms with Gasteiger partial charge in [-0.1, -0.05) is 12.8 Å². The molecule has 0 heterocycles. The van der Waals surface area contributed by atoms with Gasteiger partial charge in [0.15, 0.2) is 0 Å². The number of anilines is 1. The maximum atomic E-state index is 13.2. The Labute approximate surface area is 203 Å². The summed E-state index contributed by atoms with van der Waals surface area (Å²) in [6.45, 7) is 8.41. The molecule has 1 aromatic rings. The van der Waals surface area contributed by atoms with Crippen LogP contribution in [0.2, 0.25) is 0 Å². The van der Waals surface area contributed by atoms with Gasteiger partial charge >= 0.3 is 12.3 Å². The highest BCUT2D eigenvalue weighted by Crippen LogP contribution is 2.32. The number of rotatable bonds is 7. The molecule has 3 amide bonds. The zero-order valence-electron chi connectivity index (χ0n) is 20.8. The van der Waals surface area contributed by atoms with E-state index in [1.54, 1.807) is 34.6 Å². The molecule has 1 aromatic carbocycles. The van der Waals surface area contributed by atoms with Gasteiger partial charge < -0.3 is 26.0 Å². The lowest BCUT2D eigenvalue weighted by molar-refractivity contribution is -0.137. The molecular weight excluding hydrogens is 465 g/mol. The van der Waals surface area contributed by atoms with Crippen molar-refractivity contribution in [3.63, 3.8) is 0 Å². The number of carbonyl (C=O) groups is 3. The van der Waals surface area contributed by atoms with Gasteiger partial charge in [-0.15, -0.1) is 0 Å². The van der Waals surface area contributed by atoms with E-state index in [-0.39, 0.29) is 29.4 Å². The van der Waals surface area contributed by atoms with E-state index < -0.39 is 41.8 Å².